The Kier molecular flexibility index (Phi) is 4.66. The first kappa shape index (κ1) is 13.9. The van der Waals surface area contributed by atoms with E-state index in [1.54, 1.807) is 0 Å². The Morgan fingerprint density at radius 3 is 2.72 bits per heavy atom. The molecule has 2 rings (SSSR count). The maximum Gasteiger partial charge on any atom is 0.227 e. The Morgan fingerprint density at radius 1 is 1.44 bits per heavy atom. The third-order valence-corrected chi connectivity index (χ3v) is 4.92. The number of rotatable bonds is 5. The third-order valence-electron chi connectivity index (χ3n) is 4.92. The van der Waals surface area contributed by atoms with Crippen molar-refractivity contribution in [3.63, 3.8) is 0 Å². The smallest absolute Gasteiger partial charge is 0.227 e. The van der Waals surface area contributed by atoms with Crippen LogP contribution in [0.1, 0.15) is 58.8 Å². The molecule has 1 saturated heterocycles. The second-order valence-electron chi connectivity index (χ2n) is 6.26. The highest BCUT2D eigenvalue weighted by Gasteiger charge is 2.41. The summed E-state index contributed by atoms with van der Waals surface area (Å²) in [7, 11) is 0. The SMILES string of the molecule is CCCC1(C(=O)N[C@H](C)C2CCCC2)CCNC1. The molecule has 0 aromatic heterocycles. The van der Waals surface area contributed by atoms with Gasteiger partial charge < -0.3 is 10.6 Å². The van der Waals surface area contributed by atoms with Gasteiger partial charge in [0.2, 0.25) is 5.91 Å². The van der Waals surface area contributed by atoms with Crippen LogP contribution in [0.3, 0.4) is 0 Å². The minimum absolute atomic E-state index is 0.123. The Balaban J connectivity index is 1.92. The van der Waals surface area contributed by atoms with Crippen molar-refractivity contribution < 1.29 is 4.79 Å². The predicted octanol–water partition coefficient (Wildman–Crippen LogP) is 2.46. The number of hydrogen-bond acceptors (Lipinski definition) is 2. The number of hydrogen-bond donors (Lipinski definition) is 2. The van der Waals surface area contributed by atoms with Crippen LogP contribution in [0, 0.1) is 11.3 Å². The van der Waals surface area contributed by atoms with Gasteiger partial charge in [-0.15, -0.1) is 0 Å². The highest BCUT2D eigenvalue weighted by atomic mass is 16.2. The van der Waals surface area contributed by atoms with Gasteiger partial charge in [0.25, 0.3) is 0 Å². The van der Waals surface area contributed by atoms with Gasteiger partial charge in [-0.25, -0.2) is 0 Å². The van der Waals surface area contributed by atoms with E-state index in [9.17, 15) is 4.79 Å². The number of carbonyl (C=O) groups excluding carboxylic acids is 1. The molecular weight excluding hydrogens is 224 g/mol. The largest absolute Gasteiger partial charge is 0.353 e. The Bertz CT molecular complexity index is 278. The maximum atomic E-state index is 12.6. The molecule has 1 aliphatic heterocycles. The quantitative estimate of drug-likeness (QED) is 0.789. The fourth-order valence-electron chi connectivity index (χ4n) is 3.68. The van der Waals surface area contributed by atoms with E-state index in [0.717, 1.165) is 32.4 Å². The van der Waals surface area contributed by atoms with E-state index in [-0.39, 0.29) is 5.41 Å². The first-order chi connectivity index (χ1) is 8.68. The second kappa shape index (κ2) is 6.05. The Labute approximate surface area is 111 Å². The molecule has 18 heavy (non-hydrogen) atoms. The number of amides is 1. The molecule has 2 atom stereocenters. The van der Waals surface area contributed by atoms with Crippen molar-refractivity contribution in [2.24, 2.45) is 11.3 Å². The third kappa shape index (κ3) is 2.87. The van der Waals surface area contributed by atoms with Gasteiger partial charge in [-0.2, -0.15) is 0 Å². The van der Waals surface area contributed by atoms with Crippen LogP contribution in [-0.2, 0) is 4.79 Å². The van der Waals surface area contributed by atoms with Crippen molar-refractivity contribution >= 4 is 5.91 Å². The average molecular weight is 252 g/mol. The van der Waals surface area contributed by atoms with E-state index in [4.69, 9.17) is 0 Å². The molecule has 2 aliphatic rings. The molecule has 0 aromatic rings. The van der Waals surface area contributed by atoms with Gasteiger partial charge in [0.1, 0.15) is 0 Å². The fraction of sp³-hybridized carbons (Fsp3) is 0.933. The fourth-order valence-corrected chi connectivity index (χ4v) is 3.68. The van der Waals surface area contributed by atoms with Crippen molar-refractivity contribution in [1.82, 2.24) is 10.6 Å². The van der Waals surface area contributed by atoms with E-state index in [1.165, 1.54) is 25.7 Å². The van der Waals surface area contributed by atoms with Gasteiger partial charge in [0, 0.05) is 12.6 Å². The zero-order valence-corrected chi connectivity index (χ0v) is 11.9. The molecule has 1 unspecified atom stereocenters. The van der Waals surface area contributed by atoms with Crippen LogP contribution < -0.4 is 10.6 Å². The van der Waals surface area contributed by atoms with Crippen molar-refractivity contribution in [3.8, 4) is 0 Å². The molecule has 1 amide bonds. The minimum Gasteiger partial charge on any atom is -0.353 e. The summed E-state index contributed by atoms with van der Waals surface area (Å²) in [6.45, 7) is 6.22. The van der Waals surface area contributed by atoms with Gasteiger partial charge in [-0.1, -0.05) is 26.2 Å². The van der Waals surface area contributed by atoms with Crippen LogP contribution in [0.4, 0.5) is 0 Å². The lowest BCUT2D eigenvalue weighted by molar-refractivity contribution is -0.131. The van der Waals surface area contributed by atoms with Gasteiger partial charge in [-0.3, -0.25) is 4.79 Å². The Morgan fingerprint density at radius 2 is 2.17 bits per heavy atom. The molecule has 1 saturated carbocycles. The van der Waals surface area contributed by atoms with E-state index in [1.807, 2.05) is 0 Å². The molecule has 0 aromatic carbocycles. The van der Waals surface area contributed by atoms with Gasteiger partial charge in [-0.05, 0) is 45.1 Å². The molecule has 104 valence electrons. The summed E-state index contributed by atoms with van der Waals surface area (Å²) in [5.41, 5.74) is -0.123. The number of carbonyl (C=O) groups is 1. The summed E-state index contributed by atoms with van der Waals surface area (Å²) in [6, 6.07) is 0.356. The average Bonchev–Trinajstić information content (AvgIpc) is 3.00. The summed E-state index contributed by atoms with van der Waals surface area (Å²) < 4.78 is 0. The molecular formula is C15H28N2O. The molecule has 0 bridgehead atoms. The summed E-state index contributed by atoms with van der Waals surface area (Å²) >= 11 is 0. The maximum absolute atomic E-state index is 12.6. The van der Waals surface area contributed by atoms with Crippen molar-refractivity contribution in [3.05, 3.63) is 0 Å². The lowest BCUT2D eigenvalue weighted by Crippen LogP contribution is -2.47. The van der Waals surface area contributed by atoms with Crippen LogP contribution in [0.5, 0.6) is 0 Å². The first-order valence-corrected chi connectivity index (χ1v) is 7.69. The van der Waals surface area contributed by atoms with Crippen LogP contribution in [0.15, 0.2) is 0 Å². The standard InChI is InChI=1S/C15H28N2O/c1-3-8-15(9-10-16-11-15)14(18)17-12(2)13-6-4-5-7-13/h12-13,16H,3-11H2,1-2H3,(H,17,18)/t12-,15?/m1/s1. The van der Waals surface area contributed by atoms with E-state index in [0.29, 0.717) is 17.9 Å². The molecule has 1 aliphatic carbocycles. The lowest BCUT2D eigenvalue weighted by atomic mass is 9.81. The zero-order valence-electron chi connectivity index (χ0n) is 11.9. The Hall–Kier alpha value is -0.570. The van der Waals surface area contributed by atoms with Crippen molar-refractivity contribution in [2.75, 3.05) is 13.1 Å². The lowest BCUT2D eigenvalue weighted by Gasteiger charge is -2.30. The van der Waals surface area contributed by atoms with E-state index < -0.39 is 0 Å². The monoisotopic (exact) mass is 252 g/mol. The van der Waals surface area contributed by atoms with Gasteiger partial charge in [0.15, 0.2) is 0 Å². The summed E-state index contributed by atoms with van der Waals surface area (Å²) in [4.78, 5) is 12.6. The normalized spacial score (nSPS) is 30.6. The number of nitrogens with one attached hydrogen (secondary N) is 2. The summed E-state index contributed by atoms with van der Waals surface area (Å²) in [6.07, 6.45) is 8.38. The topological polar surface area (TPSA) is 41.1 Å². The van der Waals surface area contributed by atoms with Gasteiger partial charge in [0.05, 0.1) is 5.41 Å². The van der Waals surface area contributed by atoms with Crippen LogP contribution in [0.25, 0.3) is 0 Å². The predicted molar refractivity (Wildman–Crippen MR) is 74.4 cm³/mol. The molecule has 0 radical (unpaired) electrons. The molecule has 2 fully saturated rings. The highest BCUT2D eigenvalue weighted by Crippen LogP contribution is 2.33. The minimum atomic E-state index is -0.123. The molecule has 3 heteroatoms. The molecule has 3 nitrogen and oxygen atoms in total. The molecule has 0 spiro atoms. The molecule has 1 heterocycles. The van der Waals surface area contributed by atoms with Crippen LogP contribution in [0.2, 0.25) is 0 Å². The van der Waals surface area contributed by atoms with E-state index >= 15 is 0 Å². The highest BCUT2D eigenvalue weighted by molar-refractivity contribution is 5.83. The van der Waals surface area contributed by atoms with Crippen LogP contribution >= 0.6 is 0 Å². The van der Waals surface area contributed by atoms with E-state index in [2.05, 4.69) is 24.5 Å². The summed E-state index contributed by atoms with van der Waals surface area (Å²) in [5.74, 6) is 1.01. The van der Waals surface area contributed by atoms with Crippen LogP contribution in [-0.4, -0.2) is 25.0 Å². The zero-order chi connectivity index (χ0) is 13.0. The van der Waals surface area contributed by atoms with Gasteiger partial charge >= 0.3 is 0 Å². The van der Waals surface area contributed by atoms with Crippen molar-refractivity contribution in [1.29, 1.82) is 0 Å². The second-order valence-corrected chi connectivity index (χ2v) is 6.26. The molecule has 2 N–H and O–H groups in total. The summed E-state index contributed by atoms with van der Waals surface area (Å²) in [5, 5.41) is 6.67. The first-order valence-electron chi connectivity index (χ1n) is 7.69. The van der Waals surface area contributed by atoms with Crippen molar-refractivity contribution in [2.45, 2.75) is 64.8 Å².